The highest BCUT2D eigenvalue weighted by atomic mass is 79.9. The van der Waals surface area contributed by atoms with Crippen LogP contribution in [0.4, 0.5) is 0 Å². The zero-order valence-electron chi connectivity index (χ0n) is 12.5. The first kappa shape index (κ1) is 14.9. The molecule has 114 valence electrons. The summed E-state index contributed by atoms with van der Waals surface area (Å²) in [6.07, 6.45) is 0.945. The van der Waals surface area contributed by atoms with Crippen molar-refractivity contribution in [3.8, 4) is 22.9 Å². The maximum Gasteiger partial charge on any atom is 0.175 e. The third kappa shape index (κ3) is 2.81. The zero-order valence-corrected chi connectivity index (χ0v) is 14.1. The maximum atomic E-state index is 5.76. The van der Waals surface area contributed by atoms with Gasteiger partial charge in [-0.15, -0.1) is 0 Å². The maximum absolute atomic E-state index is 5.76. The van der Waals surface area contributed by atoms with E-state index in [-0.39, 0.29) is 0 Å². The van der Waals surface area contributed by atoms with Crippen LogP contribution in [-0.2, 0) is 0 Å². The second kappa shape index (κ2) is 6.40. The van der Waals surface area contributed by atoms with Crippen molar-refractivity contribution in [1.82, 2.24) is 9.97 Å². The Bertz CT molecular complexity index is 765. The molecule has 0 saturated carbocycles. The Kier molecular flexibility index (Phi) is 4.34. The predicted molar refractivity (Wildman–Crippen MR) is 91.6 cm³/mol. The molecule has 1 N–H and O–H groups in total. The van der Waals surface area contributed by atoms with Crippen molar-refractivity contribution in [1.29, 1.82) is 0 Å². The largest absolute Gasteiger partial charge is 0.493 e. The molecule has 0 aliphatic rings. The van der Waals surface area contributed by atoms with Crippen LogP contribution in [0.25, 0.3) is 22.4 Å². The average Bonchev–Trinajstić information content (AvgIpc) is 2.97. The number of fused-ring (bicyclic) bond motifs is 1. The predicted octanol–water partition coefficient (Wildman–Crippen LogP) is 4.79. The van der Waals surface area contributed by atoms with Gasteiger partial charge < -0.3 is 14.5 Å². The van der Waals surface area contributed by atoms with Gasteiger partial charge in [-0.3, -0.25) is 0 Å². The van der Waals surface area contributed by atoms with Crippen molar-refractivity contribution < 1.29 is 9.47 Å². The van der Waals surface area contributed by atoms with Gasteiger partial charge in [0, 0.05) is 5.56 Å². The molecule has 2 aromatic carbocycles. The van der Waals surface area contributed by atoms with Gasteiger partial charge in [0.2, 0.25) is 0 Å². The van der Waals surface area contributed by atoms with E-state index in [1.165, 1.54) is 0 Å². The Morgan fingerprint density at radius 3 is 2.77 bits per heavy atom. The number of ether oxygens (including phenoxy) is 2. The SMILES string of the molecule is CCCOc1c(Br)cc(-c2nc3ccccc3[nH]2)cc1OC. The van der Waals surface area contributed by atoms with Gasteiger partial charge in [-0.2, -0.15) is 0 Å². The highest BCUT2D eigenvalue weighted by Crippen LogP contribution is 2.39. The first-order valence-electron chi connectivity index (χ1n) is 7.18. The third-order valence-electron chi connectivity index (χ3n) is 3.34. The summed E-state index contributed by atoms with van der Waals surface area (Å²) in [4.78, 5) is 7.94. The molecule has 0 aliphatic heterocycles. The van der Waals surface area contributed by atoms with Crippen LogP contribution in [0.1, 0.15) is 13.3 Å². The minimum atomic E-state index is 0.652. The number of hydrogen-bond donors (Lipinski definition) is 1. The minimum Gasteiger partial charge on any atom is -0.493 e. The van der Waals surface area contributed by atoms with E-state index >= 15 is 0 Å². The average molecular weight is 361 g/mol. The molecule has 3 aromatic rings. The fourth-order valence-corrected chi connectivity index (χ4v) is 2.85. The number of para-hydroxylation sites is 2. The number of H-pyrrole nitrogens is 1. The standard InChI is InChI=1S/C17H17BrN2O2/c1-3-8-22-16-12(18)9-11(10-15(16)21-2)17-19-13-6-4-5-7-14(13)20-17/h4-7,9-10H,3,8H2,1-2H3,(H,19,20). The van der Waals surface area contributed by atoms with E-state index in [1.54, 1.807) is 7.11 Å². The van der Waals surface area contributed by atoms with E-state index in [0.29, 0.717) is 12.4 Å². The van der Waals surface area contributed by atoms with Gasteiger partial charge in [0.05, 0.1) is 29.2 Å². The van der Waals surface area contributed by atoms with Gasteiger partial charge in [0.15, 0.2) is 11.5 Å². The lowest BCUT2D eigenvalue weighted by molar-refractivity contribution is 0.292. The van der Waals surface area contributed by atoms with Crippen LogP contribution in [-0.4, -0.2) is 23.7 Å². The monoisotopic (exact) mass is 360 g/mol. The summed E-state index contributed by atoms with van der Waals surface area (Å²) in [6.45, 7) is 2.72. The van der Waals surface area contributed by atoms with Gasteiger partial charge >= 0.3 is 0 Å². The molecule has 5 heteroatoms. The molecule has 0 saturated heterocycles. The highest BCUT2D eigenvalue weighted by molar-refractivity contribution is 9.10. The first-order chi connectivity index (χ1) is 10.7. The molecule has 3 rings (SSSR count). The Morgan fingerprint density at radius 2 is 2.05 bits per heavy atom. The number of methoxy groups -OCH3 is 1. The number of nitrogens with one attached hydrogen (secondary N) is 1. The number of aromatic amines is 1. The van der Waals surface area contributed by atoms with Crippen LogP contribution in [0.2, 0.25) is 0 Å². The number of aromatic nitrogens is 2. The van der Waals surface area contributed by atoms with Crippen LogP contribution in [0, 0.1) is 0 Å². The van der Waals surface area contributed by atoms with Crippen molar-refractivity contribution in [2.45, 2.75) is 13.3 Å². The van der Waals surface area contributed by atoms with E-state index < -0.39 is 0 Å². The van der Waals surface area contributed by atoms with Crippen molar-refractivity contribution in [3.63, 3.8) is 0 Å². The number of hydrogen-bond acceptors (Lipinski definition) is 3. The quantitative estimate of drug-likeness (QED) is 0.711. The zero-order chi connectivity index (χ0) is 15.5. The first-order valence-corrected chi connectivity index (χ1v) is 7.97. The summed E-state index contributed by atoms with van der Waals surface area (Å²) in [7, 11) is 1.64. The Morgan fingerprint density at radius 1 is 1.23 bits per heavy atom. The lowest BCUT2D eigenvalue weighted by Crippen LogP contribution is -1.99. The van der Waals surface area contributed by atoms with E-state index in [1.807, 2.05) is 36.4 Å². The minimum absolute atomic E-state index is 0.652. The number of benzene rings is 2. The molecule has 0 bridgehead atoms. The number of rotatable bonds is 5. The molecular formula is C17H17BrN2O2. The van der Waals surface area contributed by atoms with Crippen molar-refractivity contribution in [3.05, 3.63) is 40.9 Å². The van der Waals surface area contributed by atoms with Gasteiger partial charge in [0.25, 0.3) is 0 Å². The normalized spacial score (nSPS) is 10.9. The molecule has 0 amide bonds. The molecule has 1 aromatic heterocycles. The fraction of sp³-hybridized carbons (Fsp3) is 0.235. The summed E-state index contributed by atoms with van der Waals surface area (Å²) in [5, 5.41) is 0. The number of nitrogens with zero attached hydrogens (tertiary/aromatic N) is 1. The van der Waals surface area contributed by atoms with Crippen molar-refractivity contribution >= 4 is 27.0 Å². The summed E-state index contributed by atoms with van der Waals surface area (Å²) in [6, 6.07) is 11.9. The Balaban J connectivity index is 2.05. The molecule has 4 nitrogen and oxygen atoms in total. The van der Waals surface area contributed by atoms with Gasteiger partial charge in [-0.1, -0.05) is 19.1 Å². The van der Waals surface area contributed by atoms with Crippen LogP contribution in [0.15, 0.2) is 40.9 Å². The van der Waals surface area contributed by atoms with E-state index in [4.69, 9.17) is 9.47 Å². The summed E-state index contributed by atoms with van der Waals surface area (Å²) >= 11 is 3.56. The van der Waals surface area contributed by atoms with Gasteiger partial charge in [-0.25, -0.2) is 4.98 Å². The van der Waals surface area contributed by atoms with Crippen LogP contribution in [0.3, 0.4) is 0 Å². The van der Waals surface area contributed by atoms with Crippen LogP contribution >= 0.6 is 15.9 Å². The molecule has 0 spiro atoms. The second-order valence-electron chi connectivity index (χ2n) is 4.94. The van der Waals surface area contributed by atoms with E-state index in [0.717, 1.165) is 39.1 Å². The molecule has 1 heterocycles. The smallest absolute Gasteiger partial charge is 0.175 e. The lowest BCUT2D eigenvalue weighted by Gasteiger charge is -2.13. The summed E-state index contributed by atoms with van der Waals surface area (Å²) < 4.78 is 12.1. The van der Waals surface area contributed by atoms with Gasteiger partial charge in [0.1, 0.15) is 5.82 Å². The topological polar surface area (TPSA) is 47.1 Å². The summed E-state index contributed by atoms with van der Waals surface area (Å²) in [5.41, 5.74) is 2.90. The van der Waals surface area contributed by atoms with Crippen molar-refractivity contribution in [2.24, 2.45) is 0 Å². The highest BCUT2D eigenvalue weighted by Gasteiger charge is 2.14. The third-order valence-corrected chi connectivity index (χ3v) is 3.93. The van der Waals surface area contributed by atoms with Gasteiger partial charge in [-0.05, 0) is 46.6 Å². The molecule has 0 fully saturated rings. The molecule has 22 heavy (non-hydrogen) atoms. The molecule has 0 atom stereocenters. The lowest BCUT2D eigenvalue weighted by atomic mass is 10.2. The van der Waals surface area contributed by atoms with E-state index in [2.05, 4.69) is 32.8 Å². The fourth-order valence-electron chi connectivity index (χ4n) is 2.29. The van der Waals surface area contributed by atoms with E-state index in [9.17, 15) is 0 Å². The van der Waals surface area contributed by atoms with Crippen LogP contribution < -0.4 is 9.47 Å². The molecule has 0 aliphatic carbocycles. The summed E-state index contributed by atoms with van der Waals surface area (Å²) in [5.74, 6) is 2.23. The second-order valence-corrected chi connectivity index (χ2v) is 5.79. The Labute approximate surface area is 137 Å². The molecule has 0 unspecified atom stereocenters. The Hall–Kier alpha value is -2.01. The number of halogens is 1. The van der Waals surface area contributed by atoms with Crippen molar-refractivity contribution in [2.75, 3.05) is 13.7 Å². The number of imidazole rings is 1. The van der Waals surface area contributed by atoms with Crippen LogP contribution in [0.5, 0.6) is 11.5 Å². The molecular weight excluding hydrogens is 344 g/mol. The molecule has 0 radical (unpaired) electrons.